The Morgan fingerprint density at radius 2 is 2.25 bits per heavy atom. The summed E-state index contributed by atoms with van der Waals surface area (Å²) in [6.45, 7) is 0.392. The van der Waals surface area contributed by atoms with E-state index in [0.29, 0.717) is 0 Å². The van der Waals surface area contributed by atoms with Crippen molar-refractivity contribution in [3.05, 3.63) is 34.6 Å². The van der Waals surface area contributed by atoms with Gasteiger partial charge in [-0.05, 0) is 12.1 Å². The topological polar surface area (TPSA) is 66.8 Å². The van der Waals surface area contributed by atoms with Crippen LogP contribution in [0.3, 0.4) is 0 Å². The number of aliphatic carboxylic acids is 1. The second kappa shape index (κ2) is 6.19. The van der Waals surface area contributed by atoms with Crippen LogP contribution in [-0.4, -0.2) is 47.7 Å². The van der Waals surface area contributed by atoms with Crippen LogP contribution < -0.4 is 0 Å². The van der Waals surface area contributed by atoms with Crippen molar-refractivity contribution in [2.24, 2.45) is 0 Å². The van der Waals surface area contributed by atoms with Crippen molar-refractivity contribution in [1.29, 1.82) is 0 Å². The predicted molar refractivity (Wildman–Crippen MR) is 69.1 cm³/mol. The fourth-order valence-corrected chi connectivity index (χ4v) is 2.22. The lowest BCUT2D eigenvalue weighted by Crippen LogP contribution is -2.49. The lowest BCUT2D eigenvalue weighted by Gasteiger charge is -2.31. The summed E-state index contributed by atoms with van der Waals surface area (Å²) in [5.74, 6) is -2.04. The molecule has 2 rings (SSSR count). The van der Waals surface area contributed by atoms with Crippen molar-refractivity contribution in [1.82, 2.24) is 4.90 Å². The van der Waals surface area contributed by atoms with Crippen LogP contribution in [0.25, 0.3) is 0 Å². The molecule has 1 aromatic rings. The number of carbonyl (C=O) groups excluding carboxylic acids is 1. The van der Waals surface area contributed by atoms with Gasteiger partial charge in [-0.2, -0.15) is 0 Å². The molecule has 1 aliphatic rings. The normalized spacial score (nSPS) is 18.9. The monoisotopic (exact) mass is 301 g/mol. The van der Waals surface area contributed by atoms with Gasteiger partial charge in [-0.25, -0.2) is 9.18 Å². The number of carbonyl (C=O) groups is 2. The predicted octanol–water partition coefficient (Wildman–Crippen LogP) is 1.33. The number of halogens is 2. The molecule has 1 aliphatic heterocycles. The second-order valence-corrected chi connectivity index (χ2v) is 4.82. The first kappa shape index (κ1) is 14.7. The number of amides is 1. The Morgan fingerprint density at radius 1 is 1.50 bits per heavy atom. The highest BCUT2D eigenvalue weighted by molar-refractivity contribution is 6.31. The van der Waals surface area contributed by atoms with Gasteiger partial charge in [0.1, 0.15) is 5.82 Å². The van der Waals surface area contributed by atoms with Crippen LogP contribution in [0, 0.1) is 5.82 Å². The molecular formula is C13H13ClFNO4. The molecule has 5 nitrogen and oxygen atoms in total. The van der Waals surface area contributed by atoms with Crippen LogP contribution >= 0.6 is 11.6 Å². The minimum absolute atomic E-state index is 0.0414. The van der Waals surface area contributed by atoms with Crippen molar-refractivity contribution in [2.75, 3.05) is 19.7 Å². The first-order chi connectivity index (χ1) is 9.49. The van der Waals surface area contributed by atoms with Gasteiger partial charge in [0.2, 0.25) is 5.91 Å². The standard InChI is InChI=1S/C13H13ClFNO4/c14-9-2-1-3-10(15)8(9)6-12(17)16-4-5-20-11(7-16)13(18)19/h1-3,11H,4-7H2,(H,18,19). The maximum atomic E-state index is 13.6. The number of hydrogen-bond acceptors (Lipinski definition) is 3. The van der Waals surface area contributed by atoms with E-state index >= 15 is 0 Å². The maximum Gasteiger partial charge on any atom is 0.334 e. The third-order valence-electron chi connectivity index (χ3n) is 3.08. The molecule has 1 aromatic carbocycles. The average Bonchev–Trinajstić information content (AvgIpc) is 2.43. The van der Waals surface area contributed by atoms with Crippen LogP contribution in [0.1, 0.15) is 5.56 Å². The molecule has 0 aliphatic carbocycles. The number of benzene rings is 1. The van der Waals surface area contributed by atoms with E-state index < -0.39 is 17.9 Å². The number of ether oxygens (including phenoxy) is 1. The molecule has 1 amide bonds. The van der Waals surface area contributed by atoms with Crippen LogP contribution in [0.4, 0.5) is 4.39 Å². The van der Waals surface area contributed by atoms with Gasteiger partial charge < -0.3 is 14.7 Å². The number of morpholine rings is 1. The van der Waals surface area contributed by atoms with E-state index in [2.05, 4.69) is 0 Å². The quantitative estimate of drug-likeness (QED) is 0.915. The van der Waals surface area contributed by atoms with E-state index in [9.17, 15) is 14.0 Å². The van der Waals surface area contributed by atoms with Crippen LogP contribution in [-0.2, 0) is 20.7 Å². The van der Waals surface area contributed by atoms with Crippen molar-refractivity contribution in [3.8, 4) is 0 Å². The molecule has 0 bridgehead atoms. The molecular weight excluding hydrogens is 289 g/mol. The minimum Gasteiger partial charge on any atom is -0.479 e. The molecule has 108 valence electrons. The van der Waals surface area contributed by atoms with Crippen LogP contribution in [0.5, 0.6) is 0 Å². The summed E-state index contributed by atoms with van der Waals surface area (Å²) in [5.41, 5.74) is 0.123. The molecule has 1 N–H and O–H groups in total. The first-order valence-electron chi connectivity index (χ1n) is 6.04. The van der Waals surface area contributed by atoms with Gasteiger partial charge in [0.05, 0.1) is 19.6 Å². The Balaban J connectivity index is 2.06. The molecule has 0 radical (unpaired) electrons. The van der Waals surface area contributed by atoms with E-state index in [1.807, 2.05) is 0 Å². The third kappa shape index (κ3) is 3.26. The highest BCUT2D eigenvalue weighted by Crippen LogP contribution is 2.20. The molecule has 0 spiro atoms. The Bertz CT molecular complexity index is 517. The van der Waals surface area contributed by atoms with Gasteiger partial charge in [-0.15, -0.1) is 0 Å². The molecule has 1 heterocycles. The molecule has 1 atom stereocenters. The summed E-state index contributed by atoms with van der Waals surface area (Å²) < 4.78 is 18.6. The van der Waals surface area contributed by atoms with Gasteiger partial charge in [-0.3, -0.25) is 4.79 Å². The second-order valence-electron chi connectivity index (χ2n) is 4.41. The zero-order chi connectivity index (χ0) is 14.7. The fourth-order valence-electron chi connectivity index (χ4n) is 1.99. The SMILES string of the molecule is O=C(O)C1CN(C(=O)Cc2c(F)cccc2Cl)CCO1. The first-order valence-corrected chi connectivity index (χ1v) is 6.42. The largest absolute Gasteiger partial charge is 0.479 e. The highest BCUT2D eigenvalue weighted by Gasteiger charge is 2.29. The smallest absolute Gasteiger partial charge is 0.334 e. The average molecular weight is 302 g/mol. The molecule has 7 heteroatoms. The minimum atomic E-state index is -1.12. The van der Waals surface area contributed by atoms with Crippen molar-refractivity contribution in [3.63, 3.8) is 0 Å². The van der Waals surface area contributed by atoms with Crippen molar-refractivity contribution < 1.29 is 23.8 Å². The number of hydrogen-bond donors (Lipinski definition) is 1. The zero-order valence-electron chi connectivity index (χ0n) is 10.5. The fraction of sp³-hybridized carbons (Fsp3) is 0.385. The summed E-state index contributed by atoms with van der Waals surface area (Å²) in [7, 11) is 0. The van der Waals surface area contributed by atoms with Gasteiger partial charge in [0, 0.05) is 17.1 Å². The molecule has 1 unspecified atom stereocenters. The molecule has 0 saturated carbocycles. The van der Waals surface area contributed by atoms with Gasteiger partial charge in [-0.1, -0.05) is 17.7 Å². The Kier molecular flexibility index (Phi) is 4.57. The van der Waals surface area contributed by atoms with Crippen molar-refractivity contribution >= 4 is 23.5 Å². The lowest BCUT2D eigenvalue weighted by atomic mass is 10.1. The van der Waals surface area contributed by atoms with Crippen LogP contribution in [0.15, 0.2) is 18.2 Å². The number of carboxylic acids is 1. The van der Waals surface area contributed by atoms with Gasteiger partial charge >= 0.3 is 5.97 Å². The summed E-state index contributed by atoms with van der Waals surface area (Å²) in [4.78, 5) is 24.3. The van der Waals surface area contributed by atoms with E-state index in [0.717, 1.165) is 0 Å². The summed E-state index contributed by atoms with van der Waals surface area (Å²) in [6, 6.07) is 4.20. The van der Waals surface area contributed by atoms with Gasteiger partial charge in [0.25, 0.3) is 0 Å². The summed E-state index contributed by atoms with van der Waals surface area (Å²) >= 11 is 5.86. The number of nitrogens with zero attached hydrogens (tertiary/aromatic N) is 1. The summed E-state index contributed by atoms with van der Waals surface area (Å²) in [5, 5.41) is 9.05. The zero-order valence-corrected chi connectivity index (χ0v) is 11.3. The van der Waals surface area contributed by atoms with Crippen LogP contribution in [0.2, 0.25) is 5.02 Å². The Morgan fingerprint density at radius 3 is 2.90 bits per heavy atom. The van der Waals surface area contributed by atoms with Crippen molar-refractivity contribution in [2.45, 2.75) is 12.5 Å². The number of carboxylic acid groups (broad SMARTS) is 1. The Labute approximate surface area is 119 Å². The maximum absolute atomic E-state index is 13.6. The molecule has 1 saturated heterocycles. The molecule has 1 fully saturated rings. The van der Waals surface area contributed by atoms with E-state index in [1.54, 1.807) is 0 Å². The highest BCUT2D eigenvalue weighted by atomic mass is 35.5. The summed E-state index contributed by atoms with van der Waals surface area (Å²) in [6.07, 6.45) is -1.23. The molecule has 0 aromatic heterocycles. The van der Waals surface area contributed by atoms with E-state index in [1.165, 1.54) is 23.1 Å². The van der Waals surface area contributed by atoms with E-state index in [-0.39, 0.29) is 42.6 Å². The lowest BCUT2D eigenvalue weighted by molar-refractivity contribution is -0.159. The number of rotatable bonds is 3. The molecule has 20 heavy (non-hydrogen) atoms. The Hall–Kier alpha value is -1.66. The van der Waals surface area contributed by atoms with E-state index in [4.69, 9.17) is 21.4 Å². The van der Waals surface area contributed by atoms with Gasteiger partial charge in [0.15, 0.2) is 6.10 Å². The third-order valence-corrected chi connectivity index (χ3v) is 3.44.